The number of ketones is 1. The predicted octanol–water partition coefficient (Wildman–Crippen LogP) is 3.50. The molecule has 0 spiro atoms. The van der Waals surface area contributed by atoms with Gasteiger partial charge in [0.25, 0.3) is 0 Å². The van der Waals surface area contributed by atoms with Gasteiger partial charge in [-0.2, -0.15) is 0 Å². The molecule has 0 amide bonds. The number of aromatic nitrogens is 1. The standard InChI is InChI=1S/C19H16FNO4/c1-12(19(23)16-10-21-17-5-3-2-4-15(16)17)25-18(22)11-24-14-8-6-13(20)7-9-14/h2-10,12,21H,11H2,1H3/t12-/m1/s1. The van der Waals surface area contributed by atoms with Crippen molar-refractivity contribution >= 4 is 22.7 Å². The van der Waals surface area contributed by atoms with Crippen LogP contribution < -0.4 is 4.74 Å². The maximum atomic E-state index is 12.8. The van der Waals surface area contributed by atoms with Gasteiger partial charge in [-0.05, 0) is 37.3 Å². The van der Waals surface area contributed by atoms with Crippen LogP contribution in [0.3, 0.4) is 0 Å². The lowest BCUT2D eigenvalue weighted by Gasteiger charge is -2.12. The minimum Gasteiger partial charge on any atom is -0.482 e. The zero-order chi connectivity index (χ0) is 17.8. The highest BCUT2D eigenvalue weighted by Gasteiger charge is 2.22. The Morgan fingerprint density at radius 1 is 1.12 bits per heavy atom. The Kier molecular flexibility index (Phi) is 4.79. The first kappa shape index (κ1) is 16.7. The average Bonchev–Trinajstić information content (AvgIpc) is 3.04. The van der Waals surface area contributed by atoms with Crippen LogP contribution in [-0.4, -0.2) is 29.4 Å². The molecule has 0 aliphatic carbocycles. The number of hydrogen-bond donors (Lipinski definition) is 1. The summed E-state index contributed by atoms with van der Waals surface area (Å²) in [4.78, 5) is 27.3. The second-order valence-electron chi connectivity index (χ2n) is 5.49. The Morgan fingerprint density at radius 3 is 2.60 bits per heavy atom. The molecule has 1 N–H and O–H groups in total. The van der Waals surface area contributed by atoms with Gasteiger partial charge in [-0.25, -0.2) is 9.18 Å². The lowest BCUT2D eigenvalue weighted by molar-refractivity contribution is -0.148. The number of H-pyrrole nitrogens is 1. The SMILES string of the molecule is C[C@@H](OC(=O)COc1ccc(F)cc1)C(=O)c1c[nH]c2ccccc12. The maximum Gasteiger partial charge on any atom is 0.344 e. The van der Waals surface area contributed by atoms with E-state index in [9.17, 15) is 14.0 Å². The van der Waals surface area contributed by atoms with E-state index in [0.29, 0.717) is 11.3 Å². The van der Waals surface area contributed by atoms with Gasteiger partial charge in [0.15, 0.2) is 12.7 Å². The molecule has 0 aliphatic heterocycles. The molecule has 2 aromatic carbocycles. The van der Waals surface area contributed by atoms with Gasteiger partial charge in [0, 0.05) is 22.7 Å². The van der Waals surface area contributed by atoms with Crippen molar-refractivity contribution in [2.24, 2.45) is 0 Å². The first-order valence-electron chi connectivity index (χ1n) is 7.73. The fourth-order valence-corrected chi connectivity index (χ4v) is 2.45. The summed E-state index contributed by atoms with van der Waals surface area (Å²) in [6.45, 7) is 1.15. The van der Waals surface area contributed by atoms with E-state index in [0.717, 1.165) is 10.9 Å². The molecule has 0 fully saturated rings. The van der Waals surface area contributed by atoms with Crippen molar-refractivity contribution in [2.45, 2.75) is 13.0 Å². The number of carbonyl (C=O) groups is 2. The van der Waals surface area contributed by atoms with Crippen LogP contribution in [0, 0.1) is 5.82 Å². The summed E-state index contributed by atoms with van der Waals surface area (Å²) in [6, 6.07) is 12.6. The number of aromatic amines is 1. The number of carbonyl (C=O) groups excluding carboxylic acids is 2. The smallest absolute Gasteiger partial charge is 0.344 e. The minimum absolute atomic E-state index is 0.299. The normalized spacial score (nSPS) is 11.9. The van der Waals surface area contributed by atoms with Crippen LogP contribution in [0.1, 0.15) is 17.3 Å². The van der Waals surface area contributed by atoms with E-state index in [1.54, 1.807) is 6.20 Å². The molecule has 6 heteroatoms. The minimum atomic E-state index is -0.941. The number of rotatable bonds is 6. The van der Waals surface area contributed by atoms with Crippen molar-refractivity contribution in [2.75, 3.05) is 6.61 Å². The van der Waals surface area contributed by atoms with Gasteiger partial charge >= 0.3 is 5.97 Å². The lowest BCUT2D eigenvalue weighted by Crippen LogP contribution is -2.27. The quantitative estimate of drug-likeness (QED) is 0.550. The monoisotopic (exact) mass is 341 g/mol. The van der Waals surface area contributed by atoms with Gasteiger partial charge < -0.3 is 14.5 Å². The number of Topliss-reactive ketones (excluding diaryl/α,β-unsaturated/α-hetero) is 1. The number of halogens is 1. The molecule has 1 atom stereocenters. The topological polar surface area (TPSA) is 68.4 Å². The number of hydrogen-bond acceptors (Lipinski definition) is 4. The fourth-order valence-electron chi connectivity index (χ4n) is 2.45. The molecular weight excluding hydrogens is 325 g/mol. The van der Waals surface area contributed by atoms with Gasteiger partial charge in [-0.3, -0.25) is 4.79 Å². The summed E-state index contributed by atoms with van der Waals surface area (Å²) in [5.41, 5.74) is 1.30. The Bertz CT molecular complexity index is 901. The molecule has 25 heavy (non-hydrogen) atoms. The summed E-state index contributed by atoms with van der Waals surface area (Å²) >= 11 is 0. The van der Waals surface area contributed by atoms with E-state index in [1.165, 1.54) is 31.2 Å². The molecule has 1 aromatic heterocycles. The molecule has 3 rings (SSSR count). The van der Waals surface area contributed by atoms with E-state index in [-0.39, 0.29) is 12.4 Å². The van der Waals surface area contributed by atoms with Crippen LogP contribution in [0.4, 0.5) is 4.39 Å². The largest absolute Gasteiger partial charge is 0.482 e. The first-order chi connectivity index (χ1) is 12.0. The van der Waals surface area contributed by atoms with Crippen molar-refractivity contribution in [3.05, 3.63) is 66.1 Å². The molecular formula is C19H16FNO4. The highest BCUT2D eigenvalue weighted by atomic mass is 19.1. The Morgan fingerprint density at radius 2 is 1.84 bits per heavy atom. The third-order valence-corrected chi connectivity index (χ3v) is 3.70. The lowest BCUT2D eigenvalue weighted by atomic mass is 10.1. The van der Waals surface area contributed by atoms with Gasteiger partial charge in [0.2, 0.25) is 5.78 Å². The summed E-state index contributed by atoms with van der Waals surface area (Å²) in [6.07, 6.45) is 0.662. The van der Waals surface area contributed by atoms with E-state index < -0.39 is 17.9 Å². The zero-order valence-corrected chi connectivity index (χ0v) is 13.5. The van der Waals surface area contributed by atoms with E-state index in [4.69, 9.17) is 9.47 Å². The molecule has 0 saturated carbocycles. The Hall–Kier alpha value is -3.15. The Labute approximate surface area is 143 Å². The summed E-state index contributed by atoms with van der Waals surface area (Å²) in [5.74, 6) is -1.03. The molecule has 1 heterocycles. The molecule has 5 nitrogen and oxygen atoms in total. The van der Waals surface area contributed by atoms with Crippen LogP contribution in [-0.2, 0) is 9.53 Å². The average molecular weight is 341 g/mol. The van der Waals surface area contributed by atoms with Crippen LogP contribution >= 0.6 is 0 Å². The van der Waals surface area contributed by atoms with Crippen molar-refractivity contribution in [3.63, 3.8) is 0 Å². The number of esters is 1. The van der Waals surface area contributed by atoms with Crippen LogP contribution in [0.5, 0.6) is 5.75 Å². The summed E-state index contributed by atoms with van der Waals surface area (Å²) in [7, 11) is 0. The number of benzene rings is 2. The van der Waals surface area contributed by atoms with E-state index in [1.807, 2.05) is 24.3 Å². The van der Waals surface area contributed by atoms with Crippen molar-refractivity contribution < 1.29 is 23.5 Å². The zero-order valence-electron chi connectivity index (χ0n) is 13.5. The van der Waals surface area contributed by atoms with Gasteiger partial charge in [-0.15, -0.1) is 0 Å². The van der Waals surface area contributed by atoms with Gasteiger partial charge in [0.1, 0.15) is 11.6 Å². The molecule has 3 aromatic rings. The predicted molar refractivity (Wildman–Crippen MR) is 90.1 cm³/mol. The highest BCUT2D eigenvalue weighted by Crippen LogP contribution is 2.20. The van der Waals surface area contributed by atoms with Gasteiger partial charge in [0.05, 0.1) is 0 Å². The molecule has 0 saturated heterocycles. The molecule has 0 aliphatic rings. The fraction of sp³-hybridized carbons (Fsp3) is 0.158. The van der Waals surface area contributed by atoms with Crippen molar-refractivity contribution in [1.82, 2.24) is 4.98 Å². The first-order valence-corrected chi connectivity index (χ1v) is 7.73. The van der Waals surface area contributed by atoms with E-state index >= 15 is 0 Å². The Balaban J connectivity index is 1.59. The number of nitrogens with one attached hydrogen (secondary N) is 1. The summed E-state index contributed by atoms with van der Waals surface area (Å²) < 4.78 is 23.1. The summed E-state index contributed by atoms with van der Waals surface area (Å²) in [5, 5.41) is 0.776. The second-order valence-corrected chi connectivity index (χ2v) is 5.49. The van der Waals surface area contributed by atoms with Crippen LogP contribution in [0.15, 0.2) is 54.7 Å². The molecule has 0 bridgehead atoms. The van der Waals surface area contributed by atoms with Crippen LogP contribution in [0.2, 0.25) is 0 Å². The molecule has 128 valence electrons. The third-order valence-electron chi connectivity index (χ3n) is 3.70. The van der Waals surface area contributed by atoms with Crippen molar-refractivity contribution in [3.8, 4) is 5.75 Å². The van der Waals surface area contributed by atoms with Crippen molar-refractivity contribution in [1.29, 1.82) is 0 Å². The third kappa shape index (κ3) is 3.85. The van der Waals surface area contributed by atoms with Crippen LogP contribution in [0.25, 0.3) is 10.9 Å². The van der Waals surface area contributed by atoms with Gasteiger partial charge in [-0.1, -0.05) is 18.2 Å². The maximum absolute atomic E-state index is 12.8. The second kappa shape index (κ2) is 7.17. The molecule has 0 radical (unpaired) electrons. The molecule has 0 unspecified atom stereocenters. The van der Waals surface area contributed by atoms with E-state index in [2.05, 4.69) is 4.98 Å². The number of ether oxygens (including phenoxy) is 2. The number of para-hydroxylation sites is 1. The number of fused-ring (bicyclic) bond motifs is 1. The highest BCUT2D eigenvalue weighted by molar-refractivity contribution is 6.10.